The van der Waals surface area contributed by atoms with Crippen LogP contribution in [0.4, 0.5) is 5.82 Å². The first-order valence-electron chi connectivity index (χ1n) is 6.33. The van der Waals surface area contributed by atoms with Gasteiger partial charge in [-0.3, -0.25) is 0 Å². The molecule has 2 rings (SSSR count). The Bertz CT molecular complexity index is 657. The van der Waals surface area contributed by atoms with Gasteiger partial charge in [-0.05, 0) is 24.5 Å². The normalized spacial score (nSPS) is 11.4. The Morgan fingerprint density at radius 3 is 2.60 bits per heavy atom. The van der Waals surface area contributed by atoms with E-state index in [0.29, 0.717) is 6.54 Å². The van der Waals surface area contributed by atoms with Gasteiger partial charge in [0.25, 0.3) is 0 Å². The molecule has 5 nitrogen and oxygen atoms in total. The average molecular weight is 291 g/mol. The zero-order valence-electron chi connectivity index (χ0n) is 11.0. The number of anilines is 1. The van der Waals surface area contributed by atoms with Gasteiger partial charge in [0.2, 0.25) is 10.0 Å². The van der Waals surface area contributed by atoms with Crippen molar-refractivity contribution in [3.63, 3.8) is 0 Å². The van der Waals surface area contributed by atoms with Crippen LogP contribution in [0.2, 0.25) is 0 Å². The highest BCUT2D eigenvalue weighted by Crippen LogP contribution is 2.10. The molecule has 0 atom stereocenters. The second kappa shape index (κ2) is 6.49. The fourth-order valence-electron chi connectivity index (χ4n) is 1.82. The van der Waals surface area contributed by atoms with E-state index in [1.807, 2.05) is 30.3 Å². The maximum absolute atomic E-state index is 12.0. The van der Waals surface area contributed by atoms with Gasteiger partial charge in [-0.1, -0.05) is 30.3 Å². The molecule has 3 N–H and O–H groups in total. The molecule has 6 heteroatoms. The van der Waals surface area contributed by atoms with Crippen LogP contribution in [0, 0.1) is 0 Å². The molecule has 0 fully saturated rings. The van der Waals surface area contributed by atoms with Crippen molar-refractivity contribution in [1.82, 2.24) is 9.71 Å². The van der Waals surface area contributed by atoms with Crippen LogP contribution in [0.25, 0.3) is 0 Å². The third-order valence-corrected chi connectivity index (χ3v) is 4.30. The molecule has 1 aromatic heterocycles. The molecule has 0 spiro atoms. The first-order chi connectivity index (χ1) is 9.58. The minimum Gasteiger partial charge on any atom is -0.384 e. The molecule has 20 heavy (non-hydrogen) atoms. The SMILES string of the molecule is Nc1cc(S(=O)(=O)NCCCc2ccccc2)ccn1. The van der Waals surface area contributed by atoms with E-state index in [0.717, 1.165) is 12.8 Å². The van der Waals surface area contributed by atoms with Crippen molar-refractivity contribution < 1.29 is 8.42 Å². The Morgan fingerprint density at radius 1 is 1.15 bits per heavy atom. The van der Waals surface area contributed by atoms with Crippen molar-refractivity contribution >= 4 is 15.8 Å². The molecular formula is C14H17N3O2S. The topological polar surface area (TPSA) is 85.1 Å². The van der Waals surface area contributed by atoms with E-state index in [2.05, 4.69) is 9.71 Å². The molecule has 106 valence electrons. The van der Waals surface area contributed by atoms with Crippen molar-refractivity contribution in [2.45, 2.75) is 17.7 Å². The van der Waals surface area contributed by atoms with Crippen molar-refractivity contribution in [3.8, 4) is 0 Å². The first kappa shape index (κ1) is 14.5. The summed E-state index contributed by atoms with van der Waals surface area (Å²) in [7, 11) is -3.51. The van der Waals surface area contributed by atoms with Crippen molar-refractivity contribution in [3.05, 3.63) is 54.2 Å². The molecule has 0 unspecified atom stereocenters. The van der Waals surface area contributed by atoms with Crippen LogP contribution in [0.5, 0.6) is 0 Å². The van der Waals surface area contributed by atoms with Gasteiger partial charge in [0.15, 0.2) is 0 Å². The molecule has 0 saturated heterocycles. The predicted octanol–water partition coefficient (Wildman–Crippen LogP) is 1.57. The Labute approximate surface area is 118 Å². The quantitative estimate of drug-likeness (QED) is 0.791. The highest BCUT2D eigenvalue weighted by atomic mass is 32.2. The standard InChI is InChI=1S/C14H17N3O2S/c15-14-11-13(8-10-16-14)20(18,19)17-9-4-7-12-5-2-1-3-6-12/h1-3,5-6,8,10-11,17H,4,7,9H2,(H2,15,16). The molecule has 0 amide bonds. The lowest BCUT2D eigenvalue weighted by Gasteiger charge is -2.07. The Kier molecular flexibility index (Phi) is 4.70. The van der Waals surface area contributed by atoms with E-state index >= 15 is 0 Å². The van der Waals surface area contributed by atoms with Gasteiger partial charge in [-0.2, -0.15) is 0 Å². The third kappa shape index (κ3) is 4.04. The van der Waals surface area contributed by atoms with Crippen LogP contribution in [0.1, 0.15) is 12.0 Å². The Balaban J connectivity index is 1.87. The van der Waals surface area contributed by atoms with Crippen LogP contribution in [0.3, 0.4) is 0 Å². The van der Waals surface area contributed by atoms with Crippen LogP contribution in [-0.2, 0) is 16.4 Å². The summed E-state index contributed by atoms with van der Waals surface area (Å²) in [6.45, 7) is 0.388. The summed E-state index contributed by atoms with van der Waals surface area (Å²) >= 11 is 0. The van der Waals surface area contributed by atoms with Gasteiger partial charge < -0.3 is 5.73 Å². The molecule has 1 heterocycles. The lowest BCUT2D eigenvalue weighted by atomic mass is 10.1. The van der Waals surface area contributed by atoms with Crippen LogP contribution >= 0.6 is 0 Å². The summed E-state index contributed by atoms with van der Waals surface area (Å²) in [5.74, 6) is 0.192. The monoisotopic (exact) mass is 291 g/mol. The fourth-order valence-corrected chi connectivity index (χ4v) is 2.92. The highest BCUT2D eigenvalue weighted by Gasteiger charge is 2.13. The molecule has 0 radical (unpaired) electrons. The van der Waals surface area contributed by atoms with Crippen LogP contribution in [0.15, 0.2) is 53.6 Å². The van der Waals surface area contributed by atoms with Crippen molar-refractivity contribution in [2.24, 2.45) is 0 Å². The lowest BCUT2D eigenvalue weighted by Crippen LogP contribution is -2.25. The molecule has 0 bridgehead atoms. The summed E-state index contributed by atoms with van der Waals surface area (Å²) in [6.07, 6.45) is 2.96. The van der Waals surface area contributed by atoms with Crippen molar-refractivity contribution in [1.29, 1.82) is 0 Å². The Hall–Kier alpha value is -1.92. The number of nitrogen functional groups attached to an aromatic ring is 1. The molecule has 0 aliphatic rings. The van der Waals surface area contributed by atoms with E-state index in [-0.39, 0.29) is 10.7 Å². The summed E-state index contributed by atoms with van der Waals surface area (Å²) in [6, 6.07) is 12.7. The summed E-state index contributed by atoms with van der Waals surface area (Å²) in [5.41, 5.74) is 6.68. The van der Waals surface area contributed by atoms with E-state index in [9.17, 15) is 8.42 Å². The summed E-state index contributed by atoms with van der Waals surface area (Å²) in [5, 5.41) is 0. The Morgan fingerprint density at radius 2 is 1.90 bits per heavy atom. The zero-order valence-corrected chi connectivity index (χ0v) is 11.8. The van der Waals surface area contributed by atoms with Crippen molar-refractivity contribution in [2.75, 3.05) is 12.3 Å². The number of rotatable bonds is 6. The maximum Gasteiger partial charge on any atom is 0.240 e. The summed E-state index contributed by atoms with van der Waals surface area (Å²) in [4.78, 5) is 3.92. The number of benzene rings is 1. The number of pyridine rings is 1. The smallest absolute Gasteiger partial charge is 0.240 e. The minimum absolute atomic E-state index is 0.143. The van der Waals surface area contributed by atoms with Gasteiger partial charge in [0.1, 0.15) is 5.82 Å². The van der Waals surface area contributed by atoms with E-state index < -0.39 is 10.0 Å². The molecule has 2 aromatic rings. The number of nitrogens with zero attached hydrogens (tertiary/aromatic N) is 1. The second-order valence-electron chi connectivity index (χ2n) is 4.40. The third-order valence-electron chi connectivity index (χ3n) is 2.84. The van der Waals surface area contributed by atoms with E-state index in [1.165, 1.54) is 23.9 Å². The van der Waals surface area contributed by atoms with Gasteiger partial charge >= 0.3 is 0 Å². The number of nitrogens with two attached hydrogens (primary N) is 1. The number of hydrogen-bond acceptors (Lipinski definition) is 4. The predicted molar refractivity (Wildman–Crippen MR) is 78.6 cm³/mol. The molecule has 1 aromatic carbocycles. The van der Waals surface area contributed by atoms with Gasteiger partial charge in [-0.25, -0.2) is 18.1 Å². The molecular weight excluding hydrogens is 274 g/mol. The number of aromatic nitrogens is 1. The maximum atomic E-state index is 12.0. The number of nitrogens with one attached hydrogen (secondary N) is 1. The van der Waals surface area contributed by atoms with E-state index in [4.69, 9.17) is 5.73 Å². The number of aryl methyl sites for hydroxylation is 1. The highest BCUT2D eigenvalue weighted by molar-refractivity contribution is 7.89. The first-order valence-corrected chi connectivity index (χ1v) is 7.81. The number of hydrogen-bond donors (Lipinski definition) is 2. The van der Waals surface area contributed by atoms with Gasteiger partial charge in [-0.15, -0.1) is 0 Å². The number of sulfonamides is 1. The molecule has 0 saturated carbocycles. The lowest BCUT2D eigenvalue weighted by molar-refractivity contribution is 0.579. The van der Waals surface area contributed by atoms with Gasteiger partial charge in [0.05, 0.1) is 4.90 Å². The average Bonchev–Trinajstić information content (AvgIpc) is 2.45. The van der Waals surface area contributed by atoms with Crippen LogP contribution in [-0.4, -0.2) is 19.9 Å². The largest absolute Gasteiger partial charge is 0.384 e. The summed E-state index contributed by atoms with van der Waals surface area (Å²) < 4.78 is 26.6. The zero-order chi connectivity index (χ0) is 14.4. The van der Waals surface area contributed by atoms with E-state index in [1.54, 1.807) is 0 Å². The minimum atomic E-state index is -3.51. The molecule has 0 aliphatic heterocycles. The second-order valence-corrected chi connectivity index (χ2v) is 6.17. The van der Waals surface area contributed by atoms with Gasteiger partial charge in [0, 0.05) is 18.8 Å². The fraction of sp³-hybridized carbons (Fsp3) is 0.214. The molecule has 0 aliphatic carbocycles. The van der Waals surface area contributed by atoms with Crippen LogP contribution < -0.4 is 10.5 Å².